The summed E-state index contributed by atoms with van der Waals surface area (Å²) in [5, 5.41) is 0. The Morgan fingerprint density at radius 1 is 1.36 bits per heavy atom. The van der Waals surface area contributed by atoms with Crippen molar-refractivity contribution < 1.29 is 0 Å². The fourth-order valence-electron chi connectivity index (χ4n) is 3.85. The molecule has 0 saturated carbocycles. The first-order valence-electron chi connectivity index (χ1n) is 6.07. The van der Waals surface area contributed by atoms with E-state index in [0.717, 1.165) is 36.4 Å². The van der Waals surface area contributed by atoms with Crippen LogP contribution in [-0.4, -0.2) is 30.6 Å². The molecule has 0 aliphatic carbocycles. The fourth-order valence-corrected chi connectivity index (χ4v) is 3.85. The second kappa shape index (κ2) is 3.82. The number of nitrogens with zero attached hydrogens (tertiary/aromatic N) is 1. The van der Waals surface area contributed by atoms with Crippen LogP contribution in [0.4, 0.5) is 0 Å². The molecule has 0 aromatic rings. The molecule has 82 valence electrons. The molecule has 2 nitrogen and oxygen atoms in total. The molecule has 2 bridgehead atoms. The predicted octanol–water partition coefficient (Wildman–Crippen LogP) is 1.70. The molecule has 2 N–H and O–H groups in total. The Morgan fingerprint density at radius 2 is 2.07 bits per heavy atom. The van der Waals surface area contributed by atoms with Crippen molar-refractivity contribution in [3.63, 3.8) is 0 Å². The lowest BCUT2D eigenvalue weighted by molar-refractivity contribution is 0.0447. The molecule has 2 fully saturated rings. The third-order valence-electron chi connectivity index (χ3n) is 4.53. The largest absolute Gasteiger partial charge is 0.330 e. The molecule has 0 spiro atoms. The molecule has 2 aliphatic rings. The van der Waals surface area contributed by atoms with Crippen LogP contribution in [0.5, 0.6) is 0 Å². The molecule has 2 heterocycles. The highest BCUT2D eigenvalue weighted by molar-refractivity contribution is 4.99. The highest BCUT2D eigenvalue weighted by Crippen LogP contribution is 2.44. The zero-order chi connectivity index (χ0) is 10.3. The van der Waals surface area contributed by atoms with E-state index in [-0.39, 0.29) is 0 Å². The molecular weight excluding hydrogens is 172 g/mol. The number of hydrogen-bond acceptors (Lipinski definition) is 2. The minimum atomic E-state index is 0.781. The summed E-state index contributed by atoms with van der Waals surface area (Å²) in [5.74, 6) is 2.41. The lowest BCUT2D eigenvalue weighted by Crippen LogP contribution is -2.50. The zero-order valence-corrected chi connectivity index (χ0v) is 9.74. The number of nitrogens with two attached hydrogens (primary N) is 1. The van der Waals surface area contributed by atoms with Crippen LogP contribution in [0.3, 0.4) is 0 Å². The van der Waals surface area contributed by atoms with Crippen molar-refractivity contribution in [2.24, 2.45) is 23.5 Å². The molecule has 4 unspecified atom stereocenters. The Labute approximate surface area is 87.8 Å². The molecule has 2 aliphatic heterocycles. The first-order valence-corrected chi connectivity index (χ1v) is 6.07. The molecule has 0 aromatic carbocycles. The maximum absolute atomic E-state index is 5.91. The van der Waals surface area contributed by atoms with E-state index < -0.39 is 0 Å². The van der Waals surface area contributed by atoms with Crippen molar-refractivity contribution in [2.75, 3.05) is 13.6 Å². The number of piperidine rings is 1. The van der Waals surface area contributed by atoms with Gasteiger partial charge in [-0.1, -0.05) is 13.8 Å². The SMILES string of the molecule is CC(C)C1C(CN)CC2CCC1N2C. The van der Waals surface area contributed by atoms with Gasteiger partial charge in [0.05, 0.1) is 0 Å². The van der Waals surface area contributed by atoms with Gasteiger partial charge in [-0.05, 0) is 50.6 Å². The lowest BCUT2D eigenvalue weighted by Gasteiger charge is -2.44. The predicted molar refractivity (Wildman–Crippen MR) is 60.1 cm³/mol. The van der Waals surface area contributed by atoms with Crippen LogP contribution in [0.25, 0.3) is 0 Å². The van der Waals surface area contributed by atoms with Gasteiger partial charge >= 0.3 is 0 Å². The van der Waals surface area contributed by atoms with Gasteiger partial charge in [-0.2, -0.15) is 0 Å². The summed E-state index contributed by atoms with van der Waals surface area (Å²) >= 11 is 0. The smallest absolute Gasteiger partial charge is 0.0130 e. The van der Waals surface area contributed by atoms with Crippen LogP contribution >= 0.6 is 0 Å². The van der Waals surface area contributed by atoms with Gasteiger partial charge in [0.25, 0.3) is 0 Å². The molecule has 2 rings (SSSR count). The van der Waals surface area contributed by atoms with E-state index in [1.165, 1.54) is 19.3 Å². The van der Waals surface area contributed by atoms with Crippen molar-refractivity contribution in [3.05, 3.63) is 0 Å². The molecule has 0 amide bonds. The van der Waals surface area contributed by atoms with Crippen molar-refractivity contribution >= 4 is 0 Å². The van der Waals surface area contributed by atoms with E-state index in [1.54, 1.807) is 0 Å². The number of fused-ring (bicyclic) bond motifs is 2. The average molecular weight is 196 g/mol. The van der Waals surface area contributed by atoms with Crippen LogP contribution in [0.2, 0.25) is 0 Å². The van der Waals surface area contributed by atoms with Crippen LogP contribution in [-0.2, 0) is 0 Å². The molecule has 2 heteroatoms. The Hall–Kier alpha value is -0.0800. The van der Waals surface area contributed by atoms with Crippen molar-refractivity contribution in [3.8, 4) is 0 Å². The summed E-state index contributed by atoms with van der Waals surface area (Å²) < 4.78 is 0. The summed E-state index contributed by atoms with van der Waals surface area (Å²) in [6.45, 7) is 5.61. The van der Waals surface area contributed by atoms with Gasteiger partial charge in [0.1, 0.15) is 0 Å². The van der Waals surface area contributed by atoms with E-state index in [0.29, 0.717) is 0 Å². The number of rotatable bonds is 2. The lowest BCUT2D eigenvalue weighted by atomic mass is 9.74. The van der Waals surface area contributed by atoms with Gasteiger partial charge < -0.3 is 10.6 Å². The van der Waals surface area contributed by atoms with Gasteiger partial charge in [-0.3, -0.25) is 0 Å². The maximum atomic E-state index is 5.91. The quantitative estimate of drug-likeness (QED) is 0.728. The Balaban J connectivity index is 2.17. The first-order chi connectivity index (χ1) is 6.65. The third-order valence-corrected chi connectivity index (χ3v) is 4.53. The summed E-state index contributed by atoms with van der Waals surface area (Å²) in [6.07, 6.45) is 4.15. The fraction of sp³-hybridized carbons (Fsp3) is 1.00. The highest BCUT2D eigenvalue weighted by atomic mass is 15.2. The summed E-state index contributed by atoms with van der Waals surface area (Å²) in [4.78, 5) is 2.62. The Kier molecular flexibility index (Phi) is 2.85. The Morgan fingerprint density at radius 3 is 2.64 bits per heavy atom. The van der Waals surface area contributed by atoms with Gasteiger partial charge in [0.2, 0.25) is 0 Å². The van der Waals surface area contributed by atoms with Crippen LogP contribution in [0.1, 0.15) is 33.1 Å². The second-order valence-electron chi connectivity index (χ2n) is 5.52. The van der Waals surface area contributed by atoms with Crippen LogP contribution in [0.15, 0.2) is 0 Å². The van der Waals surface area contributed by atoms with Gasteiger partial charge in [-0.25, -0.2) is 0 Å². The van der Waals surface area contributed by atoms with E-state index in [1.807, 2.05) is 0 Å². The van der Waals surface area contributed by atoms with E-state index in [9.17, 15) is 0 Å². The van der Waals surface area contributed by atoms with Crippen LogP contribution in [0, 0.1) is 17.8 Å². The zero-order valence-electron chi connectivity index (χ0n) is 9.74. The normalized spacial score (nSPS) is 43.5. The topological polar surface area (TPSA) is 29.3 Å². The van der Waals surface area contributed by atoms with Gasteiger partial charge in [-0.15, -0.1) is 0 Å². The van der Waals surface area contributed by atoms with Gasteiger partial charge in [0, 0.05) is 12.1 Å². The van der Waals surface area contributed by atoms with Crippen molar-refractivity contribution in [2.45, 2.75) is 45.2 Å². The molecule has 2 saturated heterocycles. The van der Waals surface area contributed by atoms with Gasteiger partial charge in [0.15, 0.2) is 0 Å². The second-order valence-corrected chi connectivity index (χ2v) is 5.52. The minimum Gasteiger partial charge on any atom is -0.330 e. The molecular formula is C12H24N2. The van der Waals surface area contributed by atoms with Crippen LogP contribution < -0.4 is 5.73 Å². The number of hydrogen-bond donors (Lipinski definition) is 1. The standard InChI is InChI=1S/C12H24N2/c1-8(2)12-9(7-13)6-10-4-5-11(12)14(10)3/h8-12H,4-7,13H2,1-3H3. The first kappa shape index (κ1) is 10.4. The minimum absolute atomic E-state index is 0.781. The van der Waals surface area contributed by atoms with E-state index >= 15 is 0 Å². The molecule has 4 atom stereocenters. The summed E-state index contributed by atoms with van der Waals surface area (Å²) in [6, 6.07) is 1.66. The average Bonchev–Trinajstić information content (AvgIpc) is 2.39. The Bertz CT molecular complexity index is 202. The summed E-state index contributed by atoms with van der Waals surface area (Å²) in [7, 11) is 2.31. The molecule has 0 radical (unpaired) electrons. The van der Waals surface area contributed by atoms with E-state index in [2.05, 4.69) is 25.8 Å². The van der Waals surface area contributed by atoms with Crippen molar-refractivity contribution in [1.29, 1.82) is 0 Å². The monoisotopic (exact) mass is 196 g/mol. The highest BCUT2D eigenvalue weighted by Gasteiger charge is 2.45. The van der Waals surface area contributed by atoms with Crippen molar-refractivity contribution in [1.82, 2.24) is 4.90 Å². The maximum Gasteiger partial charge on any atom is 0.0130 e. The molecule has 0 aromatic heterocycles. The third kappa shape index (κ3) is 1.49. The molecule has 14 heavy (non-hydrogen) atoms. The van der Waals surface area contributed by atoms with E-state index in [4.69, 9.17) is 5.73 Å². The summed E-state index contributed by atoms with van der Waals surface area (Å²) in [5.41, 5.74) is 5.91.